The Hall–Kier alpha value is -3.23. The van der Waals surface area contributed by atoms with E-state index in [0.29, 0.717) is 25.7 Å². The molecule has 0 fully saturated rings. The van der Waals surface area contributed by atoms with E-state index in [2.05, 4.69) is 63.6 Å². The molecule has 0 saturated carbocycles. The molecule has 0 spiro atoms. The molecule has 0 saturated heterocycles. The second-order valence-electron chi connectivity index (χ2n) is 10.5. The number of hydrogen-bond acceptors (Lipinski definition) is 8. The molecule has 0 amide bonds. The van der Waals surface area contributed by atoms with Gasteiger partial charge in [-0.05, 0) is 76.2 Å². The van der Waals surface area contributed by atoms with E-state index >= 15 is 0 Å². The maximum atomic E-state index is 12.2. The largest absolute Gasteiger partial charge is 0.492 e. The highest BCUT2D eigenvalue weighted by Crippen LogP contribution is 2.20. The minimum Gasteiger partial charge on any atom is -0.492 e. The summed E-state index contributed by atoms with van der Waals surface area (Å²) in [5.74, 6) is 1.35. The molecule has 0 bridgehead atoms. The molecule has 2 N–H and O–H groups in total. The van der Waals surface area contributed by atoms with Gasteiger partial charge in [-0.3, -0.25) is 9.79 Å². The number of rotatable bonds is 12. The fourth-order valence-electron chi connectivity index (χ4n) is 3.92. The summed E-state index contributed by atoms with van der Waals surface area (Å²) in [6.07, 6.45) is 1.94. The summed E-state index contributed by atoms with van der Waals surface area (Å²) in [5.41, 5.74) is 2.70. The monoisotopic (exact) mass is 521 g/mol. The van der Waals surface area contributed by atoms with E-state index in [1.165, 1.54) is 0 Å². The molecule has 1 aliphatic rings. The van der Waals surface area contributed by atoms with Crippen molar-refractivity contribution in [3.05, 3.63) is 59.7 Å². The van der Waals surface area contributed by atoms with Crippen molar-refractivity contribution in [1.29, 1.82) is 0 Å². The molecule has 1 unspecified atom stereocenters. The van der Waals surface area contributed by atoms with Crippen LogP contribution in [0.1, 0.15) is 58.6 Å². The van der Waals surface area contributed by atoms with E-state index in [4.69, 9.17) is 9.47 Å². The van der Waals surface area contributed by atoms with Crippen molar-refractivity contribution < 1.29 is 14.3 Å². The van der Waals surface area contributed by atoms with Crippen molar-refractivity contribution in [3.63, 3.8) is 0 Å². The zero-order chi connectivity index (χ0) is 27.5. The number of hydrogen-bond donors (Lipinski definition) is 2. The second-order valence-corrected chi connectivity index (χ2v) is 10.5. The number of guanidine groups is 1. The topological polar surface area (TPSA) is 87.6 Å². The molecule has 8 heteroatoms. The minimum absolute atomic E-state index is 0.129. The highest BCUT2D eigenvalue weighted by Gasteiger charge is 2.21. The number of ether oxygens (including phenoxy) is 2. The molecule has 0 aliphatic carbocycles. The number of carbonyl (C=O) groups excluding carboxylic acids is 1. The van der Waals surface area contributed by atoms with Crippen molar-refractivity contribution in [2.75, 3.05) is 38.1 Å². The molecule has 0 radical (unpaired) electrons. The van der Waals surface area contributed by atoms with Gasteiger partial charge in [0.15, 0.2) is 0 Å². The van der Waals surface area contributed by atoms with Gasteiger partial charge < -0.3 is 25.0 Å². The van der Waals surface area contributed by atoms with Crippen LogP contribution in [0.15, 0.2) is 58.5 Å². The Balaban J connectivity index is 1.43. The zero-order valence-corrected chi connectivity index (χ0v) is 23.7. The van der Waals surface area contributed by atoms with Crippen LogP contribution in [0.5, 0.6) is 5.75 Å². The van der Waals surface area contributed by atoms with Crippen LogP contribution in [0.25, 0.3) is 0 Å². The molecule has 2 aromatic rings. The lowest BCUT2D eigenvalue weighted by molar-refractivity contribution is -0.157. The smallest absolute Gasteiger partial charge is 0.323 e. The highest BCUT2D eigenvalue weighted by atomic mass is 16.6. The average molecular weight is 522 g/mol. The third kappa shape index (κ3) is 9.58. The third-order valence-electron chi connectivity index (χ3n) is 6.28. The van der Waals surface area contributed by atoms with Crippen LogP contribution in [-0.4, -0.2) is 67.5 Å². The van der Waals surface area contributed by atoms with Crippen LogP contribution >= 0.6 is 0 Å². The molecular formula is C30H43N5O3. The molecular weight excluding hydrogens is 478 g/mol. The fraction of sp³-hybridized carbons (Fsp3) is 0.500. The molecule has 38 heavy (non-hydrogen) atoms. The summed E-state index contributed by atoms with van der Waals surface area (Å²) in [7, 11) is 0. The summed E-state index contributed by atoms with van der Waals surface area (Å²) >= 11 is 0. The van der Waals surface area contributed by atoms with Crippen LogP contribution in [0.4, 0.5) is 5.69 Å². The predicted molar refractivity (Wildman–Crippen MR) is 155 cm³/mol. The van der Waals surface area contributed by atoms with Gasteiger partial charge in [0.2, 0.25) is 5.96 Å². The molecule has 2 aromatic carbocycles. The summed E-state index contributed by atoms with van der Waals surface area (Å²) < 4.78 is 11.3. The first-order chi connectivity index (χ1) is 18.2. The lowest BCUT2D eigenvalue weighted by Crippen LogP contribution is -2.38. The molecule has 3 rings (SSSR count). The van der Waals surface area contributed by atoms with Crippen molar-refractivity contribution in [2.24, 2.45) is 9.98 Å². The van der Waals surface area contributed by atoms with Crippen molar-refractivity contribution in [3.8, 4) is 5.75 Å². The number of aliphatic imine (C=N–C) groups is 2. The first kappa shape index (κ1) is 29.3. The number of esters is 1. The molecule has 2 atom stereocenters. The Bertz CT molecular complexity index is 1070. The van der Waals surface area contributed by atoms with Gasteiger partial charge in [-0.25, -0.2) is 4.99 Å². The van der Waals surface area contributed by atoms with Crippen molar-refractivity contribution in [2.45, 2.75) is 65.6 Å². The SMILES string of the molecule is CCN(CC)CCOc1ccc(NC2=NCC(c3ccc(CN[C@H](C)C(=O)OC(C)(C)C)cc3)C=N2)cc1. The van der Waals surface area contributed by atoms with Crippen molar-refractivity contribution in [1.82, 2.24) is 10.2 Å². The van der Waals surface area contributed by atoms with Gasteiger partial charge in [0.05, 0.1) is 6.54 Å². The van der Waals surface area contributed by atoms with Gasteiger partial charge in [0.25, 0.3) is 0 Å². The minimum atomic E-state index is -0.487. The van der Waals surface area contributed by atoms with Crippen LogP contribution in [0, 0.1) is 0 Å². The quantitative estimate of drug-likeness (QED) is 0.388. The summed E-state index contributed by atoms with van der Waals surface area (Å²) in [5, 5.41) is 6.51. The number of carbonyl (C=O) groups is 1. The lowest BCUT2D eigenvalue weighted by Gasteiger charge is -2.22. The van der Waals surface area contributed by atoms with E-state index in [0.717, 1.165) is 42.2 Å². The van der Waals surface area contributed by atoms with Gasteiger partial charge in [0, 0.05) is 30.9 Å². The van der Waals surface area contributed by atoms with E-state index < -0.39 is 5.60 Å². The van der Waals surface area contributed by atoms with Gasteiger partial charge in [-0.15, -0.1) is 0 Å². The summed E-state index contributed by atoms with van der Waals surface area (Å²) in [6.45, 7) is 16.6. The van der Waals surface area contributed by atoms with Gasteiger partial charge in [-0.2, -0.15) is 0 Å². The normalized spacial score (nSPS) is 16.2. The standard InChI is InChI=1S/C30H43N5O3/c1-7-35(8-2)17-18-37-27-15-13-26(14-16-27)34-29-32-20-25(21-33-29)24-11-9-23(10-12-24)19-31-22(3)28(36)38-30(4,5)6/h9-16,20,22,25,31H,7-8,17-19,21H2,1-6H3,(H,33,34)/t22-,25?/m1/s1. The van der Waals surface area contributed by atoms with Gasteiger partial charge in [0.1, 0.15) is 24.0 Å². The third-order valence-corrected chi connectivity index (χ3v) is 6.28. The molecule has 206 valence electrons. The molecule has 1 heterocycles. The van der Waals surface area contributed by atoms with Crippen molar-refractivity contribution >= 4 is 23.8 Å². The Morgan fingerprint density at radius 1 is 1.08 bits per heavy atom. The van der Waals surface area contributed by atoms with Gasteiger partial charge >= 0.3 is 5.97 Å². The highest BCUT2D eigenvalue weighted by molar-refractivity contribution is 6.00. The van der Waals surface area contributed by atoms with E-state index in [1.54, 1.807) is 0 Å². The fourth-order valence-corrected chi connectivity index (χ4v) is 3.92. The average Bonchev–Trinajstić information content (AvgIpc) is 2.90. The number of anilines is 1. The maximum absolute atomic E-state index is 12.2. The van der Waals surface area contributed by atoms with E-state index in [1.807, 2.05) is 58.2 Å². The van der Waals surface area contributed by atoms with Crippen LogP contribution in [0.3, 0.4) is 0 Å². The Morgan fingerprint density at radius 2 is 1.76 bits per heavy atom. The summed E-state index contributed by atoms with van der Waals surface area (Å²) in [6, 6.07) is 15.8. The van der Waals surface area contributed by atoms with Crippen LogP contribution < -0.4 is 15.4 Å². The Kier molecular flexibility index (Phi) is 10.9. The Labute approximate surface area is 227 Å². The number of nitrogens with zero attached hydrogens (tertiary/aromatic N) is 3. The van der Waals surface area contributed by atoms with Crippen LogP contribution in [-0.2, 0) is 16.1 Å². The first-order valence-corrected chi connectivity index (χ1v) is 13.5. The van der Waals surface area contributed by atoms with E-state index in [9.17, 15) is 4.79 Å². The maximum Gasteiger partial charge on any atom is 0.323 e. The van der Waals surface area contributed by atoms with E-state index in [-0.39, 0.29) is 17.9 Å². The summed E-state index contributed by atoms with van der Waals surface area (Å²) in [4.78, 5) is 23.7. The first-order valence-electron chi connectivity index (χ1n) is 13.5. The molecule has 8 nitrogen and oxygen atoms in total. The van der Waals surface area contributed by atoms with Gasteiger partial charge in [-0.1, -0.05) is 38.1 Å². The predicted octanol–water partition coefficient (Wildman–Crippen LogP) is 4.86. The zero-order valence-electron chi connectivity index (χ0n) is 23.7. The Morgan fingerprint density at radius 3 is 2.34 bits per heavy atom. The molecule has 1 aliphatic heterocycles. The molecule has 0 aromatic heterocycles. The van der Waals surface area contributed by atoms with Crippen LogP contribution in [0.2, 0.25) is 0 Å². The number of nitrogens with one attached hydrogen (secondary N) is 2. The number of likely N-dealkylation sites (N-methyl/N-ethyl adjacent to an activating group) is 1. The lowest BCUT2D eigenvalue weighted by atomic mass is 9.98. The number of benzene rings is 2. The second kappa shape index (κ2) is 14.1.